The molecule has 20 heavy (non-hydrogen) atoms. The van der Waals surface area contributed by atoms with Crippen molar-refractivity contribution in [1.29, 1.82) is 0 Å². The van der Waals surface area contributed by atoms with Crippen LogP contribution < -0.4 is 5.32 Å². The van der Waals surface area contributed by atoms with Crippen LogP contribution in [-0.4, -0.2) is 29.4 Å². The number of carbonyl (C=O) groups excluding carboxylic acids is 1. The largest absolute Gasteiger partial charge is 0.338 e. The first-order valence-corrected chi connectivity index (χ1v) is 8.56. The Balaban J connectivity index is 1.79. The highest BCUT2D eigenvalue weighted by atomic mass is 32.2. The first-order chi connectivity index (χ1) is 9.81. The first kappa shape index (κ1) is 15.2. The molecule has 0 saturated carbocycles. The van der Waals surface area contributed by atoms with Crippen LogP contribution in [0.25, 0.3) is 0 Å². The molecule has 1 aliphatic rings. The zero-order valence-electron chi connectivity index (χ0n) is 12.2. The van der Waals surface area contributed by atoms with E-state index in [0.29, 0.717) is 5.37 Å². The number of nitrogens with zero attached hydrogens (tertiary/aromatic N) is 1. The molecule has 2 rings (SSSR count). The van der Waals surface area contributed by atoms with Gasteiger partial charge in [-0.3, -0.25) is 0 Å². The van der Waals surface area contributed by atoms with Gasteiger partial charge in [-0.25, -0.2) is 4.79 Å². The third-order valence-electron chi connectivity index (χ3n) is 3.55. The molecule has 1 unspecified atom stereocenters. The quantitative estimate of drug-likeness (QED) is 0.808. The molecule has 0 aliphatic carbocycles. The van der Waals surface area contributed by atoms with Gasteiger partial charge >= 0.3 is 6.03 Å². The van der Waals surface area contributed by atoms with Crippen molar-refractivity contribution in [2.75, 3.05) is 13.1 Å². The molecule has 3 nitrogen and oxygen atoms in total. The molecule has 1 atom stereocenters. The molecular formula is C16H24N2OS. The van der Waals surface area contributed by atoms with Crippen LogP contribution in [0.5, 0.6) is 0 Å². The molecule has 110 valence electrons. The molecule has 1 aromatic rings. The van der Waals surface area contributed by atoms with Crippen molar-refractivity contribution in [2.45, 2.75) is 43.7 Å². The van der Waals surface area contributed by atoms with Crippen LogP contribution in [0.3, 0.4) is 0 Å². The lowest BCUT2D eigenvalue weighted by Crippen LogP contribution is -2.42. The lowest BCUT2D eigenvalue weighted by molar-refractivity contribution is 0.205. The second kappa shape index (κ2) is 8.20. The van der Waals surface area contributed by atoms with Crippen molar-refractivity contribution < 1.29 is 4.79 Å². The average molecular weight is 292 g/mol. The van der Waals surface area contributed by atoms with Crippen LogP contribution in [-0.2, 0) is 5.75 Å². The predicted octanol–water partition coefficient (Wildman–Crippen LogP) is 3.85. The molecule has 0 bridgehead atoms. The monoisotopic (exact) mass is 292 g/mol. The molecule has 1 heterocycles. The van der Waals surface area contributed by atoms with Crippen LogP contribution in [0.2, 0.25) is 0 Å². The van der Waals surface area contributed by atoms with E-state index in [-0.39, 0.29) is 6.03 Å². The Kier molecular flexibility index (Phi) is 6.25. The summed E-state index contributed by atoms with van der Waals surface area (Å²) in [5, 5.41) is 3.36. The fourth-order valence-corrected chi connectivity index (χ4v) is 3.67. The minimum atomic E-state index is 0.113. The maximum atomic E-state index is 12.1. The third-order valence-corrected chi connectivity index (χ3v) is 4.93. The summed E-state index contributed by atoms with van der Waals surface area (Å²) >= 11 is 1.88. The van der Waals surface area contributed by atoms with Crippen molar-refractivity contribution in [2.24, 2.45) is 0 Å². The number of hydrogen-bond acceptors (Lipinski definition) is 2. The number of rotatable bonds is 6. The number of benzene rings is 1. The van der Waals surface area contributed by atoms with Gasteiger partial charge in [0.05, 0.1) is 5.37 Å². The summed E-state index contributed by atoms with van der Waals surface area (Å²) in [6.07, 6.45) is 4.40. The van der Waals surface area contributed by atoms with E-state index < -0.39 is 0 Å². The Bertz CT molecular complexity index is 410. The molecule has 0 radical (unpaired) electrons. The summed E-state index contributed by atoms with van der Waals surface area (Å²) in [5.41, 5.74) is 1.33. The van der Waals surface area contributed by atoms with Crippen molar-refractivity contribution in [3.63, 3.8) is 0 Å². The summed E-state index contributed by atoms with van der Waals surface area (Å²) in [6.45, 7) is 3.83. The number of hydrogen-bond donors (Lipinski definition) is 1. The van der Waals surface area contributed by atoms with Crippen LogP contribution in [0.4, 0.5) is 4.79 Å². The van der Waals surface area contributed by atoms with Gasteiger partial charge in [-0.1, -0.05) is 43.7 Å². The Labute approximate surface area is 126 Å². The van der Waals surface area contributed by atoms with Crippen molar-refractivity contribution >= 4 is 17.8 Å². The Morgan fingerprint density at radius 1 is 1.40 bits per heavy atom. The maximum Gasteiger partial charge on any atom is 0.318 e. The highest BCUT2D eigenvalue weighted by molar-refractivity contribution is 7.99. The molecule has 1 N–H and O–H groups in total. The van der Waals surface area contributed by atoms with E-state index in [1.807, 2.05) is 22.7 Å². The van der Waals surface area contributed by atoms with E-state index in [0.717, 1.165) is 44.5 Å². The first-order valence-electron chi connectivity index (χ1n) is 7.51. The zero-order chi connectivity index (χ0) is 14.2. The third kappa shape index (κ3) is 4.44. The molecule has 0 aromatic heterocycles. The second-order valence-electron chi connectivity index (χ2n) is 5.17. The van der Waals surface area contributed by atoms with E-state index in [9.17, 15) is 4.79 Å². The number of nitrogens with one attached hydrogen (secondary N) is 1. The highest BCUT2D eigenvalue weighted by Crippen LogP contribution is 2.29. The summed E-state index contributed by atoms with van der Waals surface area (Å²) in [4.78, 5) is 14.1. The van der Waals surface area contributed by atoms with E-state index in [2.05, 4.69) is 36.5 Å². The molecular weight excluding hydrogens is 268 g/mol. The number of thioether (sulfide) groups is 1. The van der Waals surface area contributed by atoms with Gasteiger partial charge in [0.15, 0.2) is 0 Å². The van der Waals surface area contributed by atoms with Gasteiger partial charge < -0.3 is 10.2 Å². The Morgan fingerprint density at radius 2 is 2.20 bits per heavy atom. The van der Waals surface area contributed by atoms with Crippen LogP contribution in [0.15, 0.2) is 30.3 Å². The van der Waals surface area contributed by atoms with Gasteiger partial charge in [0.1, 0.15) is 0 Å². The van der Waals surface area contributed by atoms with E-state index in [1.54, 1.807) is 0 Å². The van der Waals surface area contributed by atoms with Crippen LogP contribution >= 0.6 is 11.8 Å². The number of unbranched alkanes of at least 4 members (excludes halogenated alkanes) is 1. The minimum absolute atomic E-state index is 0.113. The summed E-state index contributed by atoms with van der Waals surface area (Å²) < 4.78 is 0. The summed E-state index contributed by atoms with van der Waals surface area (Å²) in [5.74, 6) is 0.976. The molecule has 4 heteroatoms. The number of carbonyl (C=O) groups is 1. The van der Waals surface area contributed by atoms with Crippen LogP contribution in [0.1, 0.15) is 38.2 Å². The smallest absolute Gasteiger partial charge is 0.318 e. The highest BCUT2D eigenvalue weighted by Gasteiger charge is 2.28. The van der Waals surface area contributed by atoms with Crippen molar-refractivity contribution in [3.8, 4) is 0 Å². The van der Waals surface area contributed by atoms with Gasteiger partial charge in [0.25, 0.3) is 0 Å². The van der Waals surface area contributed by atoms with E-state index >= 15 is 0 Å². The standard InChI is InChI=1S/C16H24N2OS/c1-2-3-11-17-16(19)18-12-7-10-15(18)20-13-14-8-5-4-6-9-14/h4-6,8-9,15H,2-3,7,10-13H2,1H3,(H,17,19). The van der Waals surface area contributed by atoms with Gasteiger partial charge in [-0.2, -0.15) is 0 Å². The van der Waals surface area contributed by atoms with E-state index in [4.69, 9.17) is 0 Å². The van der Waals surface area contributed by atoms with Crippen LogP contribution in [0, 0.1) is 0 Å². The second-order valence-corrected chi connectivity index (χ2v) is 6.34. The predicted molar refractivity (Wildman–Crippen MR) is 85.8 cm³/mol. The SMILES string of the molecule is CCCCNC(=O)N1CCCC1SCc1ccccc1. The maximum absolute atomic E-state index is 12.1. The zero-order valence-corrected chi connectivity index (χ0v) is 13.0. The molecule has 2 amide bonds. The normalized spacial score (nSPS) is 18.2. The van der Waals surface area contributed by atoms with Gasteiger partial charge in [0.2, 0.25) is 0 Å². The van der Waals surface area contributed by atoms with Crippen molar-refractivity contribution in [1.82, 2.24) is 10.2 Å². The lowest BCUT2D eigenvalue weighted by Gasteiger charge is -2.24. The van der Waals surface area contributed by atoms with Gasteiger partial charge in [-0.05, 0) is 24.8 Å². The van der Waals surface area contributed by atoms with Crippen molar-refractivity contribution in [3.05, 3.63) is 35.9 Å². The minimum Gasteiger partial charge on any atom is -0.338 e. The Morgan fingerprint density at radius 3 is 2.95 bits per heavy atom. The molecule has 0 spiro atoms. The van der Waals surface area contributed by atoms with E-state index in [1.165, 1.54) is 5.56 Å². The fourth-order valence-electron chi connectivity index (χ4n) is 2.38. The number of amides is 2. The number of urea groups is 1. The molecule has 1 aliphatic heterocycles. The van der Waals surface area contributed by atoms with Gasteiger partial charge in [-0.15, -0.1) is 11.8 Å². The summed E-state index contributed by atoms with van der Waals surface area (Å²) in [7, 11) is 0. The van der Waals surface area contributed by atoms with Gasteiger partial charge in [0, 0.05) is 18.8 Å². The summed E-state index contributed by atoms with van der Waals surface area (Å²) in [6, 6.07) is 10.6. The fraction of sp³-hybridized carbons (Fsp3) is 0.562. The average Bonchev–Trinajstić information content (AvgIpc) is 2.95. The Hall–Kier alpha value is -1.16. The molecule has 1 saturated heterocycles. The topological polar surface area (TPSA) is 32.3 Å². The lowest BCUT2D eigenvalue weighted by atomic mass is 10.2. The molecule has 1 aromatic carbocycles. The molecule has 1 fully saturated rings. The number of likely N-dealkylation sites (tertiary alicyclic amines) is 1.